The molecule has 4 aromatic rings. The number of ether oxygens (including phenoxy) is 1. The highest BCUT2D eigenvalue weighted by molar-refractivity contribution is 5.92. The van der Waals surface area contributed by atoms with Crippen molar-refractivity contribution in [1.29, 1.82) is 0 Å². The number of benzene rings is 2. The molecule has 0 aliphatic carbocycles. The molecule has 1 fully saturated rings. The van der Waals surface area contributed by atoms with Crippen LogP contribution in [0.4, 0.5) is 24.8 Å². The van der Waals surface area contributed by atoms with Crippen LogP contribution in [-0.4, -0.2) is 51.5 Å². The Morgan fingerprint density at radius 3 is 2.45 bits per heavy atom. The van der Waals surface area contributed by atoms with Crippen LogP contribution in [0.15, 0.2) is 60.8 Å². The summed E-state index contributed by atoms with van der Waals surface area (Å²) in [6.45, 7) is 1.89. The maximum absolute atomic E-state index is 12.8. The molecule has 2 aromatic heterocycles. The number of nitrogens with zero attached hydrogens (tertiary/aromatic N) is 4. The first-order valence-corrected chi connectivity index (χ1v) is 12.2. The van der Waals surface area contributed by atoms with Gasteiger partial charge in [-0.1, -0.05) is 0 Å². The number of piperidine rings is 1. The third-order valence-electron chi connectivity index (χ3n) is 6.57. The van der Waals surface area contributed by atoms with Gasteiger partial charge in [0.05, 0.1) is 16.6 Å². The molecule has 5 rings (SSSR count). The molecule has 0 spiro atoms. The standard InChI is InChI=1S/C27H27F3N6O2.2H2/c1-35-13-10-19(11-14-35)32-25(37)23-16-21(9-12-31-23)38-20-7-8-24-22(15-20)34-26(36(24)2)33-18-5-3-17(4-6-18)27(28,29)30;;/h3-9,12,15-16,19H,10-11,13-14H2,1-2H3,(H,32,37)(H,33,34);2*1H. The quantitative estimate of drug-likeness (QED) is 0.327. The van der Waals surface area contributed by atoms with Crippen LogP contribution in [0.1, 0.15) is 31.7 Å². The van der Waals surface area contributed by atoms with Gasteiger partial charge in [0, 0.05) is 40.0 Å². The largest absolute Gasteiger partial charge is 0.457 e. The van der Waals surface area contributed by atoms with Gasteiger partial charge in [-0.25, -0.2) is 4.98 Å². The van der Waals surface area contributed by atoms with Crippen molar-refractivity contribution in [2.75, 3.05) is 25.5 Å². The third-order valence-corrected chi connectivity index (χ3v) is 6.57. The van der Waals surface area contributed by atoms with Crippen LogP contribution < -0.4 is 15.4 Å². The van der Waals surface area contributed by atoms with Crippen molar-refractivity contribution in [3.63, 3.8) is 0 Å². The minimum absolute atomic E-state index is 0. The van der Waals surface area contributed by atoms with Crippen LogP contribution in [0.3, 0.4) is 0 Å². The predicted molar refractivity (Wildman–Crippen MR) is 142 cm³/mol. The second kappa shape index (κ2) is 10.3. The van der Waals surface area contributed by atoms with Gasteiger partial charge in [-0.15, -0.1) is 0 Å². The number of nitrogens with one attached hydrogen (secondary N) is 2. The average Bonchev–Trinajstić information content (AvgIpc) is 3.19. The number of hydrogen-bond acceptors (Lipinski definition) is 6. The maximum Gasteiger partial charge on any atom is 0.416 e. The summed E-state index contributed by atoms with van der Waals surface area (Å²) in [7, 11) is 3.87. The number of aryl methyl sites for hydroxylation is 1. The number of fused-ring (bicyclic) bond motifs is 1. The molecule has 8 nitrogen and oxygen atoms in total. The number of pyridine rings is 1. The number of carbonyl (C=O) groups is 1. The van der Waals surface area contributed by atoms with Crippen molar-refractivity contribution in [3.8, 4) is 11.5 Å². The highest BCUT2D eigenvalue weighted by atomic mass is 19.4. The lowest BCUT2D eigenvalue weighted by molar-refractivity contribution is -0.137. The van der Waals surface area contributed by atoms with E-state index in [0.717, 1.165) is 43.6 Å². The fourth-order valence-electron chi connectivity index (χ4n) is 4.37. The first-order valence-electron chi connectivity index (χ1n) is 12.2. The van der Waals surface area contributed by atoms with E-state index in [1.165, 1.54) is 18.3 Å². The van der Waals surface area contributed by atoms with Gasteiger partial charge in [-0.3, -0.25) is 9.78 Å². The van der Waals surface area contributed by atoms with Gasteiger partial charge >= 0.3 is 6.18 Å². The number of hydrogen-bond donors (Lipinski definition) is 2. The second-order valence-electron chi connectivity index (χ2n) is 9.37. The maximum atomic E-state index is 12.8. The van der Waals surface area contributed by atoms with Crippen molar-refractivity contribution in [1.82, 2.24) is 24.8 Å². The Balaban J connectivity index is 0.00000220. The third kappa shape index (κ3) is 5.72. The summed E-state index contributed by atoms with van der Waals surface area (Å²) >= 11 is 0. The van der Waals surface area contributed by atoms with Gasteiger partial charge in [0.15, 0.2) is 0 Å². The number of rotatable bonds is 6. The molecular formula is C27H31F3N6O2. The minimum atomic E-state index is -4.39. The van der Waals surface area contributed by atoms with Crippen molar-refractivity contribution < 1.29 is 25.6 Å². The summed E-state index contributed by atoms with van der Waals surface area (Å²) in [5.74, 6) is 1.22. The van der Waals surface area contributed by atoms with E-state index in [0.29, 0.717) is 28.7 Å². The predicted octanol–water partition coefficient (Wildman–Crippen LogP) is 5.84. The summed E-state index contributed by atoms with van der Waals surface area (Å²) in [5, 5.41) is 6.10. The number of anilines is 2. The van der Waals surface area contributed by atoms with E-state index in [9.17, 15) is 18.0 Å². The molecule has 0 radical (unpaired) electrons. The Kier molecular flexibility index (Phi) is 6.94. The number of carbonyl (C=O) groups excluding carboxylic acids is 1. The van der Waals surface area contributed by atoms with E-state index in [-0.39, 0.29) is 20.5 Å². The Labute approximate surface area is 220 Å². The summed E-state index contributed by atoms with van der Waals surface area (Å²) in [5.41, 5.74) is 1.49. The van der Waals surface area contributed by atoms with Gasteiger partial charge in [0.25, 0.3) is 5.91 Å². The first kappa shape index (κ1) is 25.5. The van der Waals surface area contributed by atoms with Crippen LogP contribution in [0.2, 0.25) is 0 Å². The van der Waals surface area contributed by atoms with E-state index >= 15 is 0 Å². The zero-order chi connectivity index (χ0) is 26.9. The molecule has 11 heteroatoms. The molecule has 2 N–H and O–H groups in total. The van der Waals surface area contributed by atoms with Gasteiger partial charge < -0.3 is 24.8 Å². The number of alkyl halides is 3. The fraction of sp³-hybridized carbons (Fsp3) is 0.296. The van der Waals surface area contributed by atoms with Gasteiger partial charge in [0.1, 0.15) is 17.2 Å². The molecule has 1 amide bonds. The van der Waals surface area contributed by atoms with Crippen molar-refractivity contribution in [2.45, 2.75) is 25.1 Å². The number of imidazole rings is 1. The van der Waals surface area contributed by atoms with Gasteiger partial charge in [-0.2, -0.15) is 13.2 Å². The second-order valence-corrected chi connectivity index (χ2v) is 9.37. The monoisotopic (exact) mass is 528 g/mol. The lowest BCUT2D eigenvalue weighted by atomic mass is 10.1. The van der Waals surface area contributed by atoms with Crippen molar-refractivity contribution >= 4 is 28.6 Å². The van der Waals surface area contributed by atoms with Crippen molar-refractivity contribution in [2.24, 2.45) is 7.05 Å². The van der Waals surface area contributed by atoms with Crippen molar-refractivity contribution in [3.05, 3.63) is 72.1 Å². The Morgan fingerprint density at radius 1 is 1.03 bits per heavy atom. The number of halogens is 3. The van der Waals surface area contributed by atoms with Crippen LogP contribution in [0, 0.1) is 0 Å². The van der Waals surface area contributed by atoms with E-state index in [2.05, 4.69) is 32.5 Å². The molecule has 1 saturated heterocycles. The molecule has 0 atom stereocenters. The van der Waals surface area contributed by atoms with Crippen LogP contribution in [0.25, 0.3) is 11.0 Å². The number of amides is 1. The average molecular weight is 529 g/mol. The molecule has 0 unspecified atom stereocenters. The van der Waals surface area contributed by atoms with Crippen LogP contribution >= 0.6 is 0 Å². The van der Waals surface area contributed by atoms with Gasteiger partial charge in [-0.05, 0) is 75.4 Å². The molecule has 2 aromatic carbocycles. The molecule has 202 valence electrons. The molecule has 0 saturated carbocycles. The number of aromatic nitrogens is 3. The molecular weight excluding hydrogens is 497 g/mol. The van der Waals surface area contributed by atoms with Gasteiger partial charge in [0.2, 0.25) is 5.95 Å². The van der Waals surface area contributed by atoms with E-state index in [4.69, 9.17) is 4.74 Å². The summed E-state index contributed by atoms with van der Waals surface area (Å²) in [6, 6.07) is 13.5. The summed E-state index contributed by atoms with van der Waals surface area (Å²) < 4.78 is 46.3. The fourth-order valence-corrected chi connectivity index (χ4v) is 4.37. The number of likely N-dealkylation sites (tertiary alicyclic amines) is 1. The SMILES string of the molecule is CN1CCC(NC(=O)c2cc(Oc3ccc4c(c3)nc(Nc3ccc(C(F)(F)F)cc3)n4C)ccn2)CC1.[HH].[HH]. The zero-order valence-corrected chi connectivity index (χ0v) is 20.9. The lowest BCUT2D eigenvalue weighted by Gasteiger charge is -2.29. The molecule has 1 aliphatic heterocycles. The zero-order valence-electron chi connectivity index (χ0n) is 20.9. The highest BCUT2D eigenvalue weighted by Crippen LogP contribution is 2.31. The van der Waals surface area contributed by atoms with Crippen LogP contribution in [0.5, 0.6) is 11.5 Å². The lowest BCUT2D eigenvalue weighted by Crippen LogP contribution is -2.43. The van der Waals surface area contributed by atoms with E-state index in [1.807, 2.05) is 6.07 Å². The molecule has 1 aliphatic rings. The normalized spacial score (nSPS) is 15.0. The van der Waals surface area contributed by atoms with E-state index < -0.39 is 11.7 Å². The molecule has 3 heterocycles. The summed E-state index contributed by atoms with van der Waals surface area (Å²) in [4.78, 5) is 23.7. The Hall–Kier alpha value is -4.12. The first-order chi connectivity index (χ1) is 18.2. The Morgan fingerprint density at radius 2 is 1.74 bits per heavy atom. The topological polar surface area (TPSA) is 84.3 Å². The van der Waals surface area contributed by atoms with Crippen LogP contribution in [-0.2, 0) is 13.2 Å². The molecule has 0 bridgehead atoms. The molecule has 38 heavy (non-hydrogen) atoms. The Bertz CT molecular complexity index is 1460. The smallest absolute Gasteiger partial charge is 0.416 e. The highest BCUT2D eigenvalue weighted by Gasteiger charge is 2.30. The van der Waals surface area contributed by atoms with E-state index in [1.54, 1.807) is 35.9 Å². The minimum Gasteiger partial charge on any atom is -0.457 e. The summed E-state index contributed by atoms with van der Waals surface area (Å²) in [6.07, 6.45) is -1.06.